The number of hydrogen-bond acceptors (Lipinski definition) is 5. The number of oxazole rings is 1. The molecule has 3 rings (SSSR count). The van der Waals surface area contributed by atoms with Crippen molar-refractivity contribution in [2.45, 2.75) is 20.7 Å². The predicted octanol–water partition coefficient (Wildman–Crippen LogP) is 4.14. The van der Waals surface area contributed by atoms with Crippen LogP contribution >= 0.6 is 23.4 Å². The molecule has 1 atom stereocenters. The number of benzene rings is 2. The summed E-state index contributed by atoms with van der Waals surface area (Å²) in [6.45, 7) is 0. The number of halogens is 4. The van der Waals surface area contributed by atoms with Gasteiger partial charge in [-0.05, 0) is 24.3 Å². The van der Waals surface area contributed by atoms with Gasteiger partial charge in [0.2, 0.25) is 0 Å². The summed E-state index contributed by atoms with van der Waals surface area (Å²) in [5, 5.41) is 0. The van der Waals surface area contributed by atoms with Gasteiger partial charge in [0.25, 0.3) is 10.0 Å². The van der Waals surface area contributed by atoms with E-state index in [-0.39, 0.29) is 32.8 Å². The first-order chi connectivity index (χ1) is 12.6. The molecule has 0 aliphatic rings. The summed E-state index contributed by atoms with van der Waals surface area (Å²) in [6.07, 6.45) is -4.66. The van der Waals surface area contributed by atoms with Gasteiger partial charge in [0.05, 0.1) is 16.1 Å². The third-order valence-corrected chi connectivity index (χ3v) is 6.28. The molecule has 0 saturated carbocycles. The number of hydrogen-bond donors (Lipinski definition) is 2. The van der Waals surface area contributed by atoms with Crippen LogP contribution in [0.15, 0.2) is 61.5 Å². The maximum Gasteiger partial charge on any atom is 0.417 e. The molecule has 1 aromatic heterocycles. The minimum atomic E-state index is -4.66. The monoisotopic (exact) mass is 438 g/mol. The largest absolute Gasteiger partial charge is 0.417 e. The Kier molecular flexibility index (Phi) is 5.19. The summed E-state index contributed by atoms with van der Waals surface area (Å²) >= 11 is 5.60. The number of H-pyrrole nitrogens is 1. The zero-order chi connectivity index (χ0) is 19.8. The van der Waals surface area contributed by atoms with Crippen molar-refractivity contribution in [2.75, 3.05) is 4.72 Å². The molecule has 0 spiro atoms. The van der Waals surface area contributed by atoms with Crippen LogP contribution in [-0.4, -0.2) is 24.3 Å². The molecule has 0 aliphatic carbocycles. The normalized spacial score (nSPS) is 13.6. The van der Waals surface area contributed by atoms with Gasteiger partial charge in [-0.1, -0.05) is 23.9 Å². The Morgan fingerprint density at radius 3 is 2.59 bits per heavy atom. The number of thioether (sulfide) groups is 1. The third kappa shape index (κ3) is 4.42. The molecule has 0 amide bonds. The maximum absolute atomic E-state index is 12.7. The van der Waals surface area contributed by atoms with Gasteiger partial charge in [-0.3, -0.25) is 9.71 Å². The molecule has 27 heavy (non-hydrogen) atoms. The molecule has 1 heterocycles. The van der Waals surface area contributed by atoms with Crippen molar-refractivity contribution >= 4 is 50.2 Å². The molecule has 2 aromatic carbocycles. The number of aromatic amines is 1. The molecule has 6 nitrogen and oxygen atoms in total. The Bertz CT molecular complexity index is 1140. The second-order valence-electron chi connectivity index (χ2n) is 5.25. The molecule has 144 valence electrons. The van der Waals surface area contributed by atoms with Crippen molar-refractivity contribution in [3.63, 3.8) is 0 Å². The Morgan fingerprint density at radius 1 is 1.19 bits per heavy atom. The van der Waals surface area contributed by atoms with Gasteiger partial charge in [-0.15, -0.1) is 11.6 Å². The van der Waals surface area contributed by atoms with Crippen LogP contribution in [0.1, 0.15) is 0 Å². The number of aromatic nitrogens is 1. The summed E-state index contributed by atoms with van der Waals surface area (Å²) in [4.78, 5) is 13.3. The lowest BCUT2D eigenvalue weighted by Crippen LogP contribution is -2.20. The van der Waals surface area contributed by atoms with Gasteiger partial charge < -0.3 is 4.42 Å². The fourth-order valence-electron chi connectivity index (χ4n) is 2.13. The van der Waals surface area contributed by atoms with Crippen molar-refractivity contribution in [1.29, 1.82) is 0 Å². The van der Waals surface area contributed by atoms with Gasteiger partial charge in [0.1, 0.15) is 0 Å². The number of fused-ring (bicyclic) bond motifs is 1. The zero-order valence-corrected chi connectivity index (χ0v) is 15.5. The van der Waals surface area contributed by atoms with Crippen LogP contribution < -0.4 is 10.5 Å². The summed E-state index contributed by atoms with van der Waals surface area (Å²) in [5.41, 5.74) is 0.279. The number of alkyl halides is 4. The third-order valence-electron chi connectivity index (χ3n) is 3.32. The van der Waals surface area contributed by atoms with E-state index in [2.05, 4.69) is 9.71 Å². The fourth-order valence-corrected chi connectivity index (χ4v) is 4.34. The summed E-state index contributed by atoms with van der Waals surface area (Å²) in [7, 11) is -4.15. The highest BCUT2D eigenvalue weighted by atomic mass is 35.5. The van der Waals surface area contributed by atoms with Gasteiger partial charge in [-0.2, -0.15) is 13.2 Å². The number of rotatable bonds is 5. The molecule has 2 N–H and O–H groups in total. The molecule has 0 fully saturated rings. The van der Waals surface area contributed by atoms with Crippen molar-refractivity contribution in [1.82, 2.24) is 4.98 Å². The summed E-state index contributed by atoms with van der Waals surface area (Å²) in [6, 6.07) is 9.26. The molecule has 0 aliphatic heterocycles. The topological polar surface area (TPSA) is 92.2 Å². The van der Waals surface area contributed by atoms with E-state index in [1.807, 2.05) is 0 Å². The van der Waals surface area contributed by atoms with Gasteiger partial charge >= 0.3 is 11.9 Å². The van der Waals surface area contributed by atoms with Gasteiger partial charge in [0.15, 0.2) is 10.3 Å². The SMILES string of the molecule is O=c1[nH]c2ccc(S(=O)(=O)Nc3ccccc3S[C@@H](Cl)C(F)(F)F)cc2o1. The first-order valence-electron chi connectivity index (χ1n) is 7.18. The van der Waals surface area contributed by atoms with Crippen LogP contribution in [0.25, 0.3) is 11.1 Å². The summed E-state index contributed by atoms with van der Waals surface area (Å²) in [5.74, 6) is -0.741. The number of sulfonamides is 1. The van der Waals surface area contributed by atoms with Crippen molar-refractivity contribution < 1.29 is 26.0 Å². The molecule has 0 saturated heterocycles. The average Bonchev–Trinajstić information content (AvgIpc) is 2.94. The molecule has 12 heteroatoms. The van der Waals surface area contributed by atoms with E-state index < -0.39 is 26.7 Å². The lowest BCUT2D eigenvalue weighted by molar-refractivity contribution is -0.113. The van der Waals surface area contributed by atoms with E-state index in [1.54, 1.807) is 0 Å². The minimum absolute atomic E-state index is 0.00709. The predicted molar refractivity (Wildman–Crippen MR) is 95.6 cm³/mol. The van der Waals surface area contributed by atoms with Crippen molar-refractivity contribution in [3.8, 4) is 0 Å². The Hall–Kier alpha value is -2.11. The zero-order valence-electron chi connectivity index (χ0n) is 13.1. The lowest BCUT2D eigenvalue weighted by Gasteiger charge is -2.16. The molecule has 0 radical (unpaired) electrons. The number of nitrogens with one attached hydrogen (secondary N) is 2. The highest BCUT2D eigenvalue weighted by molar-refractivity contribution is 8.01. The van der Waals surface area contributed by atoms with E-state index >= 15 is 0 Å². The van der Waals surface area contributed by atoms with Crippen LogP contribution in [0.4, 0.5) is 18.9 Å². The standard InChI is InChI=1S/C15H10ClF3N2O4S2/c16-13(15(17,18)19)26-12-4-2-1-3-10(12)21-27(23,24)8-5-6-9-11(7-8)25-14(22)20-9/h1-7,13,21H,(H,20,22)/t13-/m1/s1. The van der Waals surface area contributed by atoms with Crippen LogP contribution in [0, 0.1) is 0 Å². The fraction of sp³-hybridized carbons (Fsp3) is 0.133. The van der Waals surface area contributed by atoms with Gasteiger partial charge in [-0.25, -0.2) is 13.2 Å². The molecule has 0 unspecified atom stereocenters. The van der Waals surface area contributed by atoms with Crippen molar-refractivity contribution in [2.24, 2.45) is 0 Å². The summed E-state index contributed by atoms with van der Waals surface area (Å²) < 4.78 is 68.0. The molecule has 0 bridgehead atoms. The average molecular weight is 439 g/mol. The highest BCUT2D eigenvalue weighted by Gasteiger charge is 2.39. The molecule has 3 aromatic rings. The van der Waals surface area contributed by atoms with Crippen LogP contribution in [0.5, 0.6) is 0 Å². The quantitative estimate of drug-likeness (QED) is 0.461. The number of anilines is 1. The first kappa shape index (κ1) is 19.6. The Balaban J connectivity index is 1.92. The lowest BCUT2D eigenvalue weighted by atomic mass is 10.3. The van der Waals surface area contributed by atoms with Crippen molar-refractivity contribution in [3.05, 3.63) is 53.0 Å². The second-order valence-corrected chi connectivity index (χ2v) is 8.77. The maximum atomic E-state index is 12.7. The highest BCUT2D eigenvalue weighted by Crippen LogP contribution is 2.40. The smallest absolute Gasteiger partial charge is 0.408 e. The van der Waals surface area contributed by atoms with E-state index in [1.165, 1.54) is 36.4 Å². The van der Waals surface area contributed by atoms with Gasteiger partial charge in [0, 0.05) is 11.0 Å². The van der Waals surface area contributed by atoms with E-state index in [9.17, 15) is 26.4 Å². The Morgan fingerprint density at radius 2 is 1.89 bits per heavy atom. The minimum Gasteiger partial charge on any atom is -0.408 e. The van der Waals surface area contributed by atoms with Crippen LogP contribution in [0.2, 0.25) is 0 Å². The van der Waals surface area contributed by atoms with Crippen LogP contribution in [0.3, 0.4) is 0 Å². The second kappa shape index (κ2) is 7.13. The van der Waals surface area contributed by atoms with E-state index in [0.29, 0.717) is 5.52 Å². The number of para-hydroxylation sites is 1. The van der Waals surface area contributed by atoms with E-state index in [4.69, 9.17) is 16.0 Å². The van der Waals surface area contributed by atoms with Crippen LogP contribution in [-0.2, 0) is 10.0 Å². The van der Waals surface area contributed by atoms with E-state index in [0.717, 1.165) is 6.07 Å². The molecular formula is C15H10ClF3N2O4S2. The first-order valence-corrected chi connectivity index (χ1v) is 9.98. The molecular weight excluding hydrogens is 429 g/mol. The Labute approximate surface area is 159 Å².